The zero-order valence-corrected chi connectivity index (χ0v) is 17.3. The van der Waals surface area contributed by atoms with Crippen molar-refractivity contribution < 1.29 is 4.74 Å². The summed E-state index contributed by atoms with van der Waals surface area (Å²) < 4.78 is 7.29. The molecular weight excluding hydrogens is 366 g/mol. The number of nitrogens with zero attached hydrogens (tertiary/aromatic N) is 3. The van der Waals surface area contributed by atoms with E-state index in [9.17, 15) is 4.79 Å². The van der Waals surface area contributed by atoms with Crippen LogP contribution in [0.2, 0.25) is 0 Å². The average Bonchev–Trinajstić information content (AvgIpc) is 3.22. The van der Waals surface area contributed by atoms with E-state index in [4.69, 9.17) is 21.2 Å². The van der Waals surface area contributed by atoms with Gasteiger partial charge in [-0.3, -0.25) is 9.36 Å². The number of hydrogen-bond acceptors (Lipinski definition) is 5. The molecule has 0 aliphatic carbocycles. The van der Waals surface area contributed by atoms with Crippen molar-refractivity contribution >= 4 is 23.0 Å². The van der Waals surface area contributed by atoms with Crippen LogP contribution in [0, 0.1) is 5.92 Å². The van der Waals surface area contributed by atoms with Crippen LogP contribution < -0.4 is 17.0 Å². The molecule has 29 heavy (non-hydrogen) atoms. The molecule has 2 aromatic heterocycles. The summed E-state index contributed by atoms with van der Waals surface area (Å²) >= 11 is 0. The van der Waals surface area contributed by atoms with Crippen molar-refractivity contribution in [3.05, 3.63) is 46.9 Å². The minimum Gasteiger partial charge on any atom is -0.387 e. The summed E-state index contributed by atoms with van der Waals surface area (Å²) in [4.78, 5) is 22.4. The Morgan fingerprint density at radius 1 is 1.48 bits per heavy atom. The van der Waals surface area contributed by atoms with Crippen molar-refractivity contribution in [2.75, 3.05) is 18.9 Å². The van der Waals surface area contributed by atoms with E-state index in [1.165, 1.54) is 0 Å². The van der Waals surface area contributed by atoms with Gasteiger partial charge in [0.2, 0.25) is 0 Å². The predicted molar refractivity (Wildman–Crippen MR) is 118 cm³/mol. The summed E-state index contributed by atoms with van der Waals surface area (Å²) in [5.41, 5.74) is 14.7. The predicted octanol–water partition coefficient (Wildman–Crippen LogP) is 3.52. The number of amidine groups is 1. The molecule has 3 rings (SSSR count). The van der Waals surface area contributed by atoms with Gasteiger partial charge in [-0.25, -0.2) is 9.98 Å². The molecule has 0 spiro atoms. The maximum atomic E-state index is 13.6. The first-order valence-corrected chi connectivity index (χ1v) is 9.92. The lowest BCUT2D eigenvalue weighted by atomic mass is 10.0. The van der Waals surface area contributed by atoms with Crippen LogP contribution in [0.1, 0.15) is 45.2 Å². The van der Waals surface area contributed by atoms with E-state index >= 15 is 0 Å². The lowest BCUT2D eigenvalue weighted by molar-refractivity contribution is 0.186. The van der Waals surface area contributed by atoms with Gasteiger partial charge in [-0.2, -0.15) is 0 Å². The summed E-state index contributed by atoms with van der Waals surface area (Å²) in [7, 11) is 0. The standard InChI is InChI=1S/C22H29N5O2/c1-5-14(4)20(24)26-21-17(13(2)3)10-18(15-6-7-19(23)25-11-15)22(28)27(21)16-8-9-29-12-16/h6-7,10-11,14,16H,2,5,8-9,12H2,1,3-4H3,(H2,23,25)(H2,24,26). The van der Waals surface area contributed by atoms with Crippen molar-refractivity contribution in [3.8, 4) is 11.1 Å². The Kier molecular flexibility index (Phi) is 6.17. The highest BCUT2D eigenvalue weighted by atomic mass is 16.5. The van der Waals surface area contributed by atoms with Crippen LogP contribution in [0.5, 0.6) is 0 Å². The van der Waals surface area contributed by atoms with Crippen molar-refractivity contribution in [2.24, 2.45) is 16.6 Å². The van der Waals surface area contributed by atoms with Crippen LogP contribution in [0.3, 0.4) is 0 Å². The Hall–Kier alpha value is -2.93. The van der Waals surface area contributed by atoms with Gasteiger partial charge < -0.3 is 16.2 Å². The maximum Gasteiger partial charge on any atom is 0.260 e. The van der Waals surface area contributed by atoms with Crippen LogP contribution in [-0.4, -0.2) is 28.6 Å². The number of allylic oxidation sites excluding steroid dienone is 1. The number of aliphatic imine (C=N–C) groups is 1. The lowest BCUT2D eigenvalue weighted by Gasteiger charge is -2.21. The SMILES string of the molecule is C=C(C)c1cc(-c2ccc(N)nc2)c(=O)n(C2CCOC2)c1N=C(N)C(C)CC. The molecule has 7 heteroatoms. The topological polar surface area (TPSA) is 109 Å². The third-order valence-electron chi connectivity index (χ3n) is 5.39. The summed E-state index contributed by atoms with van der Waals surface area (Å²) in [6.07, 6.45) is 3.22. The number of aromatic nitrogens is 2. The van der Waals surface area contributed by atoms with Crippen LogP contribution in [-0.2, 0) is 4.74 Å². The first-order chi connectivity index (χ1) is 13.8. The van der Waals surface area contributed by atoms with E-state index in [-0.39, 0.29) is 17.5 Å². The van der Waals surface area contributed by atoms with Crippen LogP contribution in [0.4, 0.5) is 11.6 Å². The smallest absolute Gasteiger partial charge is 0.260 e. The first kappa shape index (κ1) is 20.8. The molecule has 1 saturated heterocycles. The minimum absolute atomic E-state index is 0.106. The molecule has 2 atom stereocenters. The average molecular weight is 396 g/mol. The fourth-order valence-corrected chi connectivity index (χ4v) is 3.33. The van der Waals surface area contributed by atoms with Gasteiger partial charge in [-0.05, 0) is 43.5 Å². The zero-order chi connectivity index (χ0) is 21.1. The Bertz CT molecular complexity index is 985. The molecule has 0 radical (unpaired) electrons. The molecule has 0 bridgehead atoms. The summed E-state index contributed by atoms with van der Waals surface area (Å²) in [5, 5.41) is 0. The van der Waals surface area contributed by atoms with E-state index in [1.54, 1.807) is 22.9 Å². The molecule has 2 aromatic rings. The number of ether oxygens (including phenoxy) is 1. The Morgan fingerprint density at radius 2 is 2.24 bits per heavy atom. The molecule has 4 N–H and O–H groups in total. The van der Waals surface area contributed by atoms with Crippen molar-refractivity contribution in [1.29, 1.82) is 0 Å². The Balaban J connectivity index is 2.31. The molecule has 154 valence electrons. The third-order valence-corrected chi connectivity index (χ3v) is 5.39. The quantitative estimate of drug-likeness (QED) is 0.574. The number of pyridine rings is 2. The molecule has 2 unspecified atom stereocenters. The second-order valence-corrected chi connectivity index (χ2v) is 7.59. The molecule has 3 heterocycles. The molecule has 1 aliphatic rings. The highest BCUT2D eigenvalue weighted by Crippen LogP contribution is 2.33. The Labute approximate surface area is 171 Å². The van der Waals surface area contributed by atoms with Crippen LogP contribution in [0.25, 0.3) is 16.7 Å². The summed E-state index contributed by atoms with van der Waals surface area (Å²) in [6, 6.07) is 5.21. The molecule has 1 fully saturated rings. The van der Waals surface area contributed by atoms with E-state index < -0.39 is 0 Å². The van der Waals surface area contributed by atoms with E-state index in [2.05, 4.69) is 18.5 Å². The molecule has 1 aliphatic heterocycles. The molecule has 0 amide bonds. The van der Waals surface area contributed by atoms with E-state index in [0.717, 1.165) is 24.0 Å². The zero-order valence-electron chi connectivity index (χ0n) is 17.3. The van der Waals surface area contributed by atoms with Gasteiger partial charge in [-0.15, -0.1) is 0 Å². The Morgan fingerprint density at radius 3 is 2.79 bits per heavy atom. The van der Waals surface area contributed by atoms with Gasteiger partial charge >= 0.3 is 0 Å². The monoisotopic (exact) mass is 395 g/mol. The highest BCUT2D eigenvalue weighted by Gasteiger charge is 2.26. The second-order valence-electron chi connectivity index (χ2n) is 7.59. The number of rotatable bonds is 6. The van der Waals surface area contributed by atoms with Gasteiger partial charge in [0.15, 0.2) is 0 Å². The highest BCUT2D eigenvalue weighted by molar-refractivity contribution is 5.87. The molecular formula is C22H29N5O2. The normalized spacial score (nSPS) is 18.0. The first-order valence-electron chi connectivity index (χ1n) is 9.92. The van der Waals surface area contributed by atoms with Gasteiger partial charge in [0.1, 0.15) is 17.5 Å². The fraction of sp³-hybridized carbons (Fsp3) is 0.409. The number of nitrogen functional groups attached to an aromatic ring is 1. The number of anilines is 1. The molecule has 0 saturated carbocycles. The summed E-state index contributed by atoms with van der Waals surface area (Å²) in [6.45, 7) is 11.2. The van der Waals surface area contributed by atoms with E-state index in [0.29, 0.717) is 41.8 Å². The maximum absolute atomic E-state index is 13.6. The van der Waals surface area contributed by atoms with Crippen molar-refractivity contribution in [2.45, 2.75) is 39.7 Å². The van der Waals surface area contributed by atoms with E-state index in [1.807, 2.05) is 19.9 Å². The molecule has 0 aromatic carbocycles. The number of hydrogen-bond donors (Lipinski definition) is 2. The number of nitrogens with two attached hydrogens (primary N) is 2. The van der Waals surface area contributed by atoms with Crippen molar-refractivity contribution in [3.63, 3.8) is 0 Å². The summed E-state index contributed by atoms with van der Waals surface area (Å²) in [5.74, 6) is 1.56. The fourth-order valence-electron chi connectivity index (χ4n) is 3.33. The largest absolute Gasteiger partial charge is 0.387 e. The second kappa shape index (κ2) is 8.61. The van der Waals surface area contributed by atoms with Gasteiger partial charge in [0, 0.05) is 35.4 Å². The van der Waals surface area contributed by atoms with Gasteiger partial charge in [0.25, 0.3) is 5.56 Å². The van der Waals surface area contributed by atoms with Gasteiger partial charge in [0.05, 0.1) is 12.6 Å². The lowest BCUT2D eigenvalue weighted by Crippen LogP contribution is -2.29. The minimum atomic E-state index is -0.146. The third kappa shape index (κ3) is 4.24. The molecule has 7 nitrogen and oxygen atoms in total. The van der Waals surface area contributed by atoms with Gasteiger partial charge in [-0.1, -0.05) is 20.4 Å². The van der Waals surface area contributed by atoms with Crippen LogP contribution >= 0.6 is 0 Å². The van der Waals surface area contributed by atoms with Crippen molar-refractivity contribution in [1.82, 2.24) is 9.55 Å². The van der Waals surface area contributed by atoms with Crippen LogP contribution in [0.15, 0.2) is 40.8 Å².